The van der Waals surface area contributed by atoms with Crippen molar-refractivity contribution in [2.24, 2.45) is 0 Å². The Balaban J connectivity index is 2.08. The summed E-state index contributed by atoms with van der Waals surface area (Å²) in [6, 6.07) is 11.9. The molecule has 2 rings (SSSR count). The minimum Gasteiger partial charge on any atom is -0.496 e. The number of ether oxygens (including phenoxy) is 2. The number of methoxy groups -OCH3 is 1. The topological polar surface area (TPSA) is 18.5 Å². The average Bonchev–Trinajstić information content (AvgIpc) is 2.38. The van der Waals surface area contributed by atoms with Gasteiger partial charge in [0.2, 0.25) is 0 Å². The normalized spacial score (nSPS) is 10.3. The zero-order valence-corrected chi connectivity index (χ0v) is 13.9. The van der Waals surface area contributed by atoms with Gasteiger partial charge >= 0.3 is 0 Å². The summed E-state index contributed by atoms with van der Waals surface area (Å²) in [4.78, 5) is 0. The molecule has 4 heteroatoms. The monoisotopic (exact) mass is 384 g/mol. The lowest BCUT2D eigenvalue weighted by molar-refractivity contribution is 0.303. The van der Waals surface area contributed by atoms with E-state index in [-0.39, 0.29) is 0 Å². The number of benzene rings is 2. The van der Waals surface area contributed by atoms with E-state index in [0.717, 1.165) is 31.6 Å². The van der Waals surface area contributed by atoms with E-state index in [9.17, 15) is 0 Å². The summed E-state index contributed by atoms with van der Waals surface area (Å²) in [5.74, 6) is 1.72. The lowest BCUT2D eigenvalue weighted by Crippen LogP contribution is -1.97. The van der Waals surface area contributed by atoms with Crippen LogP contribution in [0.3, 0.4) is 0 Å². The molecule has 0 aliphatic carbocycles. The summed E-state index contributed by atoms with van der Waals surface area (Å²) in [7, 11) is 1.65. The van der Waals surface area contributed by atoms with Crippen molar-refractivity contribution in [3.63, 3.8) is 0 Å². The molecule has 0 radical (unpaired) electrons. The van der Waals surface area contributed by atoms with E-state index in [1.807, 2.05) is 43.3 Å². The van der Waals surface area contributed by atoms with Crippen molar-refractivity contribution in [1.29, 1.82) is 0 Å². The number of aryl methyl sites for hydroxylation is 1. The minimum absolute atomic E-state index is 0.533. The Labute approximate surface area is 130 Å². The molecule has 0 saturated carbocycles. The van der Waals surface area contributed by atoms with Crippen molar-refractivity contribution in [2.75, 3.05) is 7.11 Å². The first kappa shape index (κ1) is 14.4. The second kappa shape index (κ2) is 6.44. The Morgan fingerprint density at radius 3 is 2.37 bits per heavy atom. The summed E-state index contributed by atoms with van der Waals surface area (Å²) in [6.07, 6.45) is 0. The number of hydrogen-bond donors (Lipinski definition) is 0. The van der Waals surface area contributed by atoms with Gasteiger partial charge in [0.05, 0.1) is 11.6 Å². The summed E-state index contributed by atoms with van der Waals surface area (Å²) < 4.78 is 13.0. The van der Waals surface area contributed by atoms with E-state index in [1.165, 1.54) is 0 Å². The van der Waals surface area contributed by atoms with Gasteiger partial charge in [-0.2, -0.15) is 0 Å². The quantitative estimate of drug-likeness (QED) is 0.728. The fourth-order valence-corrected chi connectivity index (χ4v) is 2.80. The highest BCUT2D eigenvalue weighted by molar-refractivity contribution is 9.10. The predicted octanol–water partition coefficient (Wildman–Crippen LogP) is 5.11. The van der Waals surface area contributed by atoms with Gasteiger partial charge in [-0.15, -0.1) is 0 Å². The van der Waals surface area contributed by atoms with E-state index in [2.05, 4.69) is 31.9 Å². The second-order valence-electron chi connectivity index (χ2n) is 4.17. The molecule has 2 aromatic carbocycles. The molecule has 0 aromatic heterocycles. The summed E-state index contributed by atoms with van der Waals surface area (Å²) in [6.45, 7) is 2.56. The zero-order valence-electron chi connectivity index (χ0n) is 10.7. The van der Waals surface area contributed by atoms with Gasteiger partial charge in [-0.3, -0.25) is 0 Å². The van der Waals surface area contributed by atoms with Crippen LogP contribution in [0.5, 0.6) is 11.5 Å². The molecule has 0 heterocycles. The van der Waals surface area contributed by atoms with Gasteiger partial charge in [0.25, 0.3) is 0 Å². The molecule has 0 amide bonds. The Hall–Kier alpha value is -1.000. The molecule has 0 atom stereocenters. The second-order valence-corrected chi connectivity index (χ2v) is 5.94. The van der Waals surface area contributed by atoms with Crippen LogP contribution in [0, 0.1) is 6.92 Å². The largest absolute Gasteiger partial charge is 0.496 e. The summed E-state index contributed by atoms with van der Waals surface area (Å²) >= 11 is 6.91. The number of rotatable bonds is 4. The molecule has 0 unspecified atom stereocenters. The van der Waals surface area contributed by atoms with Gasteiger partial charge in [0.1, 0.15) is 18.1 Å². The smallest absolute Gasteiger partial charge is 0.133 e. The van der Waals surface area contributed by atoms with Crippen LogP contribution in [0.25, 0.3) is 0 Å². The van der Waals surface area contributed by atoms with Gasteiger partial charge in [-0.1, -0.05) is 22.0 Å². The molecule has 100 valence electrons. The molecular formula is C15H14Br2O2. The van der Waals surface area contributed by atoms with Crippen LogP contribution >= 0.6 is 31.9 Å². The summed E-state index contributed by atoms with van der Waals surface area (Å²) in [5, 5.41) is 0. The molecule has 0 spiro atoms. The van der Waals surface area contributed by atoms with Gasteiger partial charge in [0, 0.05) is 4.47 Å². The van der Waals surface area contributed by atoms with Crippen LogP contribution in [0.2, 0.25) is 0 Å². The molecular weight excluding hydrogens is 372 g/mol. The highest BCUT2D eigenvalue weighted by atomic mass is 79.9. The van der Waals surface area contributed by atoms with Crippen molar-refractivity contribution in [3.05, 3.63) is 56.5 Å². The maximum Gasteiger partial charge on any atom is 0.133 e. The van der Waals surface area contributed by atoms with Crippen LogP contribution < -0.4 is 9.47 Å². The molecule has 0 N–H and O–H groups in total. The van der Waals surface area contributed by atoms with Gasteiger partial charge in [-0.05, 0) is 64.3 Å². The third kappa shape index (κ3) is 3.74. The fourth-order valence-electron chi connectivity index (χ4n) is 1.74. The van der Waals surface area contributed by atoms with E-state index in [4.69, 9.17) is 9.47 Å². The standard InChI is InChI=1S/C15H14Br2O2/c1-10-7-12(16)4-6-14(10)19-9-11-3-5-15(18-2)13(17)8-11/h3-8H,9H2,1-2H3. The van der Waals surface area contributed by atoms with Crippen LogP contribution in [0.4, 0.5) is 0 Å². The molecule has 0 fully saturated rings. The Morgan fingerprint density at radius 1 is 1.00 bits per heavy atom. The first-order valence-electron chi connectivity index (χ1n) is 5.81. The highest BCUT2D eigenvalue weighted by Crippen LogP contribution is 2.27. The van der Waals surface area contributed by atoms with Crippen LogP contribution in [0.15, 0.2) is 45.3 Å². The first-order valence-corrected chi connectivity index (χ1v) is 7.40. The maximum atomic E-state index is 5.82. The van der Waals surface area contributed by atoms with Crippen molar-refractivity contribution in [3.8, 4) is 11.5 Å². The average molecular weight is 386 g/mol. The summed E-state index contributed by atoms with van der Waals surface area (Å²) in [5.41, 5.74) is 2.21. The molecule has 19 heavy (non-hydrogen) atoms. The lowest BCUT2D eigenvalue weighted by Gasteiger charge is -2.10. The molecule has 0 aliphatic rings. The Kier molecular flexibility index (Phi) is 4.88. The predicted molar refractivity (Wildman–Crippen MR) is 83.9 cm³/mol. The molecule has 2 nitrogen and oxygen atoms in total. The van der Waals surface area contributed by atoms with Gasteiger partial charge in [0.15, 0.2) is 0 Å². The van der Waals surface area contributed by atoms with Crippen molar-refractivity contribution >= 4 is 31.9 Å². The third-order valence-electron chi connectivity index (χ3n) is 2.75. The van der Waals surface area contributed by atoms with E-state index >= 15 is 0 Å². The zero-order chi connectivity index (χ0) is 13.8. The first-order chi connectivity index (χ1) is 9.10. The molecule has 0 bridgehead atoms. The lowest BCUT2D eigenvalue weighted by atomic mass is 10.2. The maximum absolute atomic E-state index is 5.82. The Bertz CT molecular complexity index is 582. The number of halogens is 2. The van der Waals surface area contributed by atoms with Crippen molar-refractivity contribution in [1.82, 2.24) is 0 Å². The van der Waals surface area contributed by atoms with Gasteiger partial charge < -0.3 is 9.47 Å². The van der Waals surface area contributed by atoms with E-state index < -0.39 is 0 Å². The molecule has 2 aromatic rings. The highest BCUT2D eigenvalue weighted by Gasteiger charge is 2.04. The SMILES string of the molecule is COc1ccc(COc2ccc(Br)cc2C)cc1Br. The van der Waals surface area contributed by atoms with E-state index in [1.54, 1.807) is 7.11 Å². The fraction of sp³-hybridized carbons (Fsp3) is 0.200. The van der Waals surface area contributed by atoms with Crippen LogP contribution in [-0.4, -0.2) is 7.11 Å². The number of hydrogen-bond acceptors (Lipinski definition) is 2. The van der Waals surface area contributed by atoms with Crippen molar-refractivity contribution < 1.29 is 9.47 Å². The van der Waals surface area contributed by atoms with Crippen molar-refractivity contribution in [2.45, 2.75) is 13.5 Å². The van der Waals surface area contributed by atoms with E-state index in [0.29, 0.717) is 6.61 Å². The third-order valence-corrected chi connectivity index (χ3v) is 3.86. The van der Waals surface area contributed by atoms with Crippen LogP contribution in [-0.2, 0) is 6.61 Å². The Morgan fingerprint density at radius 2 is 1.74 bits per heavy atom. The van der Waals surface area contributed by atoms with Crippen LogP contribution in [0.1, 0.15) is 11.1 Å². The molecule has 0 aliphatic heterocycles. The minimum atomic E-state index is 0.533. The van der Waals surface area contributed by atoms with Gasteiger partial charge in [-0.25, -0.2) is 0 Å². The molecule has 0 saturated heterocycles.